The molecule has 0 rings (SSSR count). The number of likely N-dealkylation sites (N-methyl/N-ethyl adjacent to an activating group) is 1. The molecule has 0 saturated carbocycles. The van der Waals surface area contributed by atoms with Crippen LogP contribution in [0.2, 0.25) is 0 Å². The molecular weight excluding hydrogens is 1100 g/mol. The summed E-state index contributed by atoms with van der Waals surface area (Å²) < 4.78 is 22.8. The molecule has 0 amide bonds. The number of rotatable bonds is 68. The van der Waals surface area contributed by atoms with Crippen LogP contribution in [0.15, 0.2) is 109 Å². The van der Waals surface area contributed by atoms with E-state index in [1.807, 2.05) is 21.1 Å². The van der Waals surface area contributed by atoms with Crippen molar-refractivity contribution >= 4 is 17.9 Å². The molecule has 0 aromatic carbocycles. The number of carboxylic acid groups (broad SMARTS) is 1. The molecule has 2 unspecified atom stereocenters. The van der Waals surface area contributed by atoms with Crippen LogP contribution in [0, 0.1) is 0 Å². The van der Waals surface area contributed by atoms with E-state index < -0.39 is 24.3 Å². The number of esters is 2. The molecule has 0 aliphatic rings. The van der Waals surface area contributed by atoms with E-state index in [-0.39, 0.29) is 38.6 Å². The van der Waals surface area contributed by atoms with Gasteiger partial charge in [-0.2, -0.15) is 0 Å². The number of carbonyl (C=O) groups excluding carboxylic acids is 3. The molecule has 0 spiro atoms. The molecule has 0 heterocycles. The van der Waals surface area contributed by atoms with Crippen LogP contribution in [0.4, 0.5) is 0 Å². The summed E-state index contributed by atoms with van der Waals surface area (Å²) in [6.07, 6.45) is 94.8. The monoisotopic (exact) mass is 1240 g/mol. The molecular formula is C80H139NO8. The van der Waals surface area contributed by atoms with Crippen LogP contribution in [0.1, 0.15) is 322 Å². The van der Waals surface area contributed by atoms with E-state index in [0.717, 1.165) is 109 Å². The normalized spacial score (nSPS) is 13.3. The van der Waals surface area contributed by atoms with Crippen molar-refractivity contribution < 1.29 is 42.9 Å². The minimum atomic E-state index is -1.63. The van der Waals surface area contributed by atoms with E-state index in [1.165, 1.54) is 180 Å². The average Bonchev–Trinajstić information content (AvgIpc) is 3.64. The number of hydrogen-bond acceptors (Lipinski definition) is 8. The van der Waals surface area contributed by atoms with Crippen LogP contribution >= 0.6 is 0 Å². The van der Waals surface area contributed by atoms with Gasteiger partial charge in [-0.1, -0.05) is 316 Å². The number of hydrogen-bond donors (Lipinski definition) is 0. The van der Waals surface area contributed by atoms with E-state index >= 15 is 0 Å². The third kappa shape index (κ3) is 71.3. The number of quaternary nitrogens is 1. The number of allylic oxidation sites excluding steroid dienone is 18. The topological polar surface area (TPSA) is 111 Å². The molecule has 0 aliphatic carbocycles. The molecule has 0 fully saturated rings. The van der Waals surface area contributed by atoms with Crippen molar-refractivity contribution in [3.05, 3.63) is 109 Å². The second kappa shape index (κ2) is 69.8. The van der Waals surface area contributed by atoms with Crippen LogP contribution in [-0.4, -0.2) is 82.3 Å². The third-order valence-corrected chi connectivity index (χ3v) is 16.0. The van der Waals surface area contributed by atoms with Crippen molar-refractivity contribution in [2.75, 3.05) is 47.5 Å². The summed E-state index contributed by atoms with van der Waals surface area (Å²) in [6, 6.07) is 0. The van der Waals surface area contributed by atoms with Crippen molar-refractivity contribution in [3.63, 3.8) is 0 Å². The number of unbranched alkanes of at least 4 members (excludes halogenated alkanes) is 35. The van der Waals surface area contributed by atoms with Crippen molar-refractivity contribution in [2.45, 2.75) is 334 Å². The molecule has 0 saturated heterocycles. The second-order valence-electron chi connectivity index (χ2n) is 25.9. The van der Waals surface area contributed by atoms with Crippen LogP contribution in [0.5, 0.6) is 0 Å². The van der Waals surface area contributed by atoms with Gasteiger partial charge in [0.1, 0.15) is 13.2 Å². The number of nitrogens with zero attached hydrogens (tertiary/aromatic N) is 1. The van der Waals surface area contributed by atoms with Crippen LogP contribution < -0.4 is 5.11 Å². The van der Waals surface area contributed by atoms with Crippen LogP contribution in [-0.2, 0) is 33.3 Å². The van der Waals surface area contributed by atoms with E-state index in [2.05, 4.69) is 123 Å². The zero-order valence-corrected chi connectivity index (χ0v) is 58.5. The third-order valence-electron chi connectivity index (χ3n) is 16.0. The quantitative estimate of drug-likeness (QED) is 0.0195. The van der Waals surface area contributed by atoms with Gasteiger partial charge in [0.15, 0.2) is 12.4 Å². The molecule has 9 heteroatoms. The number of ether oxygens (including phenoxy) is 4. The van der Waals surface area contributed by atoms with Crippen molar-refractivity contribution in [1.29, 1.82) is 0 Å². The lowest BCUT2D eigenvalue weighted by atomic mass is 10.0. The molecule has 9 nitrogen and oxygen atoms in total. The summed E-state index contributed by atoms with van der Waals surface area (Å²) in [5, 5.41) is 11.8. The number of carboxylic acids is 1. The molecule has 0 bridgehead atoms. The van der Waals surface area contributed by atoms with Crippen LogP contribution in [0.3, 0.4) is 0 Å². The highest BCUT2D eigenvalue weighted by atomic mass is 16.7. The van der Waals surface area contributed by atoms with Gasteiger partial charge < -0.3 is 33.3 Å². The second-order valence-corrected chi connectivity index (χ2v) is 25.9. The van der Waals surface area contributed by atoms with Gasteiger partial charge in [-0.15, -0.1) is 0 Å². The summed E-state index contributed by atoms with van der Waals surface area (Å²) in [7, 11) is 5.93. The lowest BCUT2D eigenvalue weighted by Gasteiger charge is -2.26. The molecule has 2 atom stereocenters. The predicted molar refractivity (Wildman–Crippen MR) is 380 cm³/mol. The molecule has 0 aromatic rings. The highest BCUT2D eigenvalue weighted by Crippen LogP contribution is 2.18. The lowest BCUT2D eigenvalue weighted by Crippen LogP contribution is -2.44. The summed E-state index contributed by atoms with van der Waals surface area (Å²) in [5.41, 5.74) is 0. The van der Waals surface area contributed by atoms with E-state index in [0.29, 0.717) is 17.4 Å². The van der Waals surface area contributed by atoms with Gasteiger partial charge >= 0.3 is 11.9 Å². The van der Waals surface area contributed by atoms with Gasteiger partial charge in [0.2, 0.25) is 0 Å². The Morgan fingerprint density at radius 3 is 0.955 bits per heavy atom. The first-order chi connectivity index (χ1) is 43.6. The summed E-state index contributed by atoms with van der Waals surface area (Å²) >= 11 is 0. The summed E-state index contributed by atoms with van der Waals surface area (Å²) in [4.78, 5) is 37.5. The Hall–Kier alpha value is -4.05. The van der Waals surface area contributed by atoms with Crippen molar-refractivity contribution in [3.8, 4) is 0 Å². The maximum absolute atomic E-state index is 12.9. The fraction of sp³-hybridized carbons (Fsp3) is 0.738. The largest absolute Gasteiger partial charge is 0.545 e. The number of aliphatic carboxylic acids is 1. The Morgan fingerprint density at radius 2 is 0.640 bits per heavy atom. The molecule has 0 N–H and O–H groups in total. The van der Waals surface area contributed by atoms with E-state index in [9.17, 15) is 19.5 Å². The first kappa shape index (κ1) is 85.0. The minimum Gasteiger partial charge on any atom is -0.545 e. The molecule has 0 radical (unpaired) electrons. The van der Waals surface area contributed by atoms with E-state index in [4.69, 9.17) is 18.9 Å². The number of carbonyl (C=O) groups is 3. The molecule has 0 aliphatic heterocycles. The van der Waals surface area contributed by atoms with Gasteiger partial charge in [0, 0.05) is 12.8 Å². The Kier molecular flexibility index (Phi) is 66.7. The Balaban J connectivity index is 4.04. The predicted octanol–water partition coefficient (Wildman–Crippen LogP) is 22.0. The summed E-state index contributed by atoms with van der Waals surface area (Å²) in [6.45, 7) is 4.63. The van der Waals surface area contributed by atoms with Gasteiger partial charge in [-0.05, 0) is 103 Å². The average molecular weight is 1240 g/mol. The summed E-state index contributed by atoms with van der Waals surface area (Å²) in [5.74, 6) is -2.30. The lowest BCUT2D eigenvalue weighted by molar-refractivity contribution is -0.870. The van der Waals surface area contributed by atoms with Crippen molar-refractivity contribution in [1.82, 2.24) is 0 Å². The molecule has 0 aromatic heterocycles. The zero-order chi connectivity index (χ0) is 64.7. The van der Waals surface area contributed by atoms with Gasteiger partial charge in [-0.3, -0.25) is 9.59 Å². The Morgan fingerprint density at radius 1 is 0.348 bits per heavy atom. The fourth-order valence-electron chi connectivity index (χ4n) is 10.4. The highest BCUT2D eigenvalue weighted by molar-refractivity contribution is 5.70. The first-order valence-electron chi connectivity index (χ1n) is 37.0. The maximum Gasteiger partial charge on any atom is 0.306 e. The SMILES string of the molecule is CC/C=C\C/C=C\C/C=C\C/C=C\C/C=C\C/C=C\CCCCCCCCC(=O)OC(COC(=O)CCCCCCCCCCCCCCCCCCCCCCCCCC/C=C\C/C=C\C/C=C\CCCCCCC)COC(OCC[N+](C)(C)C)C(=O)[O-]. The molecule has 89 heavy (non-hydrogen) atoms. The van der Waals surface area contributed by atoms with Gasteiger partial charge in [0.25, 0.3) is 0 Å². The zero-order valence-electron chi connectivity index (χ0n) is 58.5. The maximum atomic E-state index is 12.9. The minimum absolute atomic E-state index is 0.141. The standard InChI is InChI=1S/C80H139NO8/c1-6-8-10-12-14-16-18-20-22-24-26-28-30-32-33-34-35-36-37-38-39-40-41-42-43-44-45-47-48-50-52-54-56-58-60-62-64-66-68-70-77(82)87-74-76(75-88-80(79(84)85)86-73-72-81(3,4)5)89-78(83)71-69-67-65-63-61-59-57-55-53-51-49-46-31-29-27-25-23-21-19-17-15-13-11-9-7-2/h9,11,15,17-18,20-21,23-24,26-27,29-30,32,46,49,53,55,76,80H,6-8,10,12-14,16,19,22,25,28,31,33-45,47-48,50-52,54,56-75H2,1-5H3/b11-9-,17-15-,20-18-,23-21-,26-24-,29-27-,32-30-,49-46-,55-53-. The van der Waals surface area contributed by atoms with Gasteiger partial charge in [0.05, 0.1) is 40.3 Å². The fourth-order valence-corrected chi connectivity index (χ4v) is 10.4. The Bertz CT molecular complexity index is 1830. The van der Waals surface area contributed by atoms with E-state index in [1.54, 1.807) is 0 Å². The molecule has 512 valence electrons. The van der Waals surface area contributed by atoms with Gasteiger partial charge in [-0.25, -0.2) is 0 Å². The smallest absolute Gasteiger partial charge is 0.306 e. The highest BCUT2D eigenvalue weighted by Gasteiger charge is 2.22. The Labute approximate surface area is 549 Å². The van der Waals surface area contributed by atoms with Crippen LogP contribution in [0.25, 0.3) is 0 Å². The van der Waals surface area contributed by atoms with Crippen molar-refractivity contribution in [2.24, 2.45) is 0 Å². The first-order valence-corrected chi connectivity index (χ1v) is 37.0.